The van der Waals surface area contributed by atoms with E-state index in [0.29, 0.717) is 18.6 Å². The standard InChI is InChI=1S/C12H15N5O/c18-10-3-1-9(2-4-10)17(11-5-7-13-15-11)12-6-8-14-16-12/h5-9H,1-4H2,(H,13,15)(H,14,16). The molecule has 0 unspecified atom stereocenters. The summed E-state index contributed by atoms with van der Waals surface area (Å²) >= 11 is 0. The van der Waals surface area contributed by atoms with E-state index in [2.05, 4.69) is 25.3 Å². The van der Waals surface area contributed by atoms with Crippen molar-refractivity contribution in [1.29, 1.82) is 0 Å². The Morgan fingerprint density at radius 3 is 2.06 bits per heavy atom. The predicted molar refractivity (Wildman–Crippen MR) is 66.6 cm³/mol. The number of Topliss-reactive ketones (excluding diaryl/α,β-unsaturated/α-hetero) is 1. The molecule has 2 N–H and O–H groups in total. The van der Waals surface area contributed by atoms with Crippen molar-refractivity contribution < 1.29 is 4.79 Å². The van der Waals surface area contributed by atoms with Crippen molar-refractivity contribution >= 4 is 17.4 Å². The monoisotopic (exact) mass is 245 g/mol. The minimum atomic E-state index is 0.286. The van der Waals surface area contributed by atoms with E-state index in [1.54, 1.807) is 12.4 Å². The van der Waals surface area contributed by atoms with Gasteiger partial charge in [-0.05, 0) is 12.8 Å². The molecule has 94 valence electrons. The van der Waals surface area contributed by atoms with Crippen LogP contribution in [0.25, 0.3) is 0 Å². The molecular weight excluding hydrogens is 230 g/mol. The second-order valence-electron chi connectivity index (χ2n) is 4.50. The van der Waals surface area contributed by atoms with Gasteiger partial charge in [0.15, 0.2) is 11.6 Å². The molecule has 0 radical (unpaired) electrons. The largest absolute Gasteiger partial charge is 0.305 e. The van der Waals surface area contributed by atoms with E-state index in [0.717, 1.165) is 24.5 Å². The molecule has 0 amide bonds. The molecule has 0 aromatic carbocycles. The van der Waals surface area contributed by atoms with Crippen molar-refractivity contribution in [2.75, 3.05) is 4.90 Å². The lowest BCUT2D eigenvalue weighted by molar-refractivity contribution is -0.120. The molecule has 6 heteroatoms. The van der Waals surface area contributed by atoms with Gasteiger partial charge in [0.2, 0.25) is 0 Å². The molecule has 1 aliphatic carbocycles. The summed E-state index contributed by atoms with van der Waals surface area (Å²) in [5, 5.41) is 14.1. The van der Waals surface area contributed by atoms with Crippen LogP contribution in [0, 0.1) is 0 Å². The zero-order valence-electron chi connectivity index (χ0n) is 9.97. The fraction of sp³-hybridized carbons (Fsp3) is 0.417. The van der Waals surface area contributed by atoms with Gasteiger partial charge in [-0.1, -0.05) is 0 Å². The maximum Gasteiger partial charge on any atom is 0.156 e. The lowest BCUT2D eigenvalue weighted by atomic mass is 9.93. The number of nitrogens with one attached hydrogen (secondary N) is 2. The molecule has 2 heterocycles. The molecule has 1 saturated carbocycles. The molecule has 6 nitrogen and oxygen atoms in total. The van der Waals surface area contributed by atoms with Crippen LogP contribution in [0.5, 0.6) is 0 Å². The molecule has 1 aliphatic rings. The van der Waals surface area contributed by atoms with Crippen LogP contribution < -0.4 is 4.90 Å². The Bertz CT molecular complexity index is 460. The van der Waals surface area contributed by atoms with Gasteiger partial charge in [-0.25, -0.2) is 0 Å². The second-order valence-corrected chi connectivity index (χ2v) is 4.50. The smallest absolute Gasteiger partial charge is 0.156 e. The third kappa shape index (κ3) is 2.01. The summed E-state index contributed by atoms with van der Waals surface area (Å²) in [5.41, 5.74) is 0. The normalized spacial score (nSPS) is 17.0. The van der Waals surface area contributed by atoms with Crippen molar-refractivity contribution in [2.45, 2.75) is 31.7 Å². The molecule has 0 atom stereocenters. The topological polar surface area (TPSA) is 77.7 Å². The number of carbonyl (C=O) groups excluding carboxylic acids is 1. The van der Waals surface area contributed by atoms with Crippen molar-refractivity contribution in [2.24, 2.45) is 0 Å². The number of aromatic nitrogens is 4. The van der Waals surface area contributed by atoms with Gasteiger partial charge in [-0.15, -0.1) is 0 Å². The van der Waals surface area contributed by atoms with Gasteiger partial charge in [0.05, 0.1) is 0 Å². The molecule has 2 aromatic heterocycles. The number of H-pyrrole nitrogens is 2. The fourth-order valence-electron chi connectivity index (χ4n) is 2.45. The number of nitrogens with zero attached hydrogens (tertiary/aromatic N) is 3. The Morgan fingerprint density at radius 1 is 1.06 bits per heavy atom. The van der Waals surface area contributed by atoms with Gasteiger partial charge < -0.3 is 4.90 Å². The molecule has 0 spiro atoms. The predicted octanol–water partition coefficient (Wildman–Crippen LogP) is 1.78. The molecule has 18 heavy (non-hydrogen) atoms. The highest BCUT2D eigenvalue weighted by atomic mass is 16.1. The van der Waals surface area contributed by atoms with Crippen LogP contribution in [0.2, 0.25) is 0 Å². The molecule has 1 fully saturated rings. The third-order valence-electron chi connectivity index (χ3n) is 3.34. The number of anilines is 2. The van der Waals surface area contributed by atoms with Gasteiger partial charge in [-0.2, -0.15) is 10.2 Å². The van der Waals surface area contributed by atoms with E-state index in [4.69, 9.17) is 0 Å². The van der Waals surface area contributed by atoms with E-state index in [9.17, 15) is 4.79 Å². The van der Waals surface area contributed by atoms with Crippen LogP contribution in [-0.4, -0.2) is 32.2 Å². The van der Waals surface area contributed by atoms with E-state index >= 15 is 0 Å². The summed E-state index contributed by atoms with van der Waals surface area (Å²) in [7, 11) is 0. The fourth-order valence-corrected chi connectivity index (χ4v) is 2.45. The summed E-state index contributed by atoms with van der Waals surface area (Å²) in [6.45, 7) is 0. The maximum absolute atomic E-state index is 11.3. The van der Waals surface area contributed by atoms with Crippen molar-refractivity contribution in [3.63, 3.8) is 0 Å². The highest BCUT2D eigenvalue weighted by Crippen LogP contribution is 2.30. The molecule has 0 saturated heterocycles. The number of carbonyl (C=O) groups is 1. The van der Waals surface area contributed by atoms with E-state index in [-0.39, 0.29) is 6.04 Å². The number of aromatic amines is 2. The first-order valence-electron chi connectivity index (χ1n) is 6.15. The van der Waals surface area contributed by atoms with Gasteiger partial charge >= 0.3 is 0 Å². The summed E-state index contributed by atoms with van der Waals surface area (Å²) in [6.07, 6.45) is 6.61. The lowest BCUT2D eigenvalue weighted by Gasteiger charge is -2.32. The van der Waals surface area contributed by atoms with Crippen LogP contribution >= 0.6 is 0 Å². The second kappa shape index (κ2) is 4.64. The van der Waals surface area contributed by atoms with Gasteiger partial charge in [-0.3, -0.25) is 15.0 Å². The highest BCUT2D eigenvalue weighted by molar-refractivity contribution is 5.79. The average molecular weight is 245 g/mol. The number of hydrogen-bond donors (Lipinski definition) is 2. The average Bonchev–Trinajstić information content (AvgIpc) is 3.06. The third-order valence-corrected chi connectivity index (χ3v) is 3.34. The number of ketones is 1. The van der Waals surface area contributed by atoms with Crippen molar-refractivity contribution in [1.82, 2.24) is 20.4 Å². The van der Waals surface area contributed by atoms with Crippen molar-refractivity contribution in [3.05, 3.63) is 24.5 Å². The summed E-state index contributed by atoms with van der Waals surface area (Å²) < 4.78 is 0. The Balaban J connectivity index is 1.88. The van der Waals surface area contributed by atoms with E-state index < -0.39 is 0 Å². The van der Waals surface area contributed by atoms with Crippen LogP contribution in [0.4, 0.5) is 11.6 Å². The Hall–Kier alpha value is -2.11. The SMILES string of the molecule is O=C1CCC(N(c2cc[nH]n2)c2cc[nH]n2)CC1. The molecule has 0 aliphatic heterocycles. The van der Waals surface area contributed by atoms with Crippen molar-refractivity contribution in [3.8, 4) is 0 Å². The Kier molecular flexibility index (Phi) is 2.84. The Morgan fingerprint density at radius 2 is 1.61 bits per heavy atom. The van der Waals surface area contributed by atoms with Gasteiger partial charge in [0, 0.05) is 43.4 Å². The summed E-state index contributed by atoms with van der Waals surface area (Å²) in [5.74, 6) is 2.05. The minimum absolute atomic E-state index is 0.286. The maximum atomic E-state index is 11.3. The van der Waals surface area contributed by atoms with Crippen LogP contribution in [0.3, 0.4) is 0 Å². The minimum Gasteiger partial charge on any atom is -0.305 e. The van der Waals surface area contributed by atoms with Crippen LogP contribution in [-0.2, 0) is 4.79 Å². The zero-order valence-corrected chi connectivity index (χ0v) is 9.97. The molecular formula is C12H15N5O. The zero-order chi connectivity index (χ0) is 12.4. The van der Waals surface area contributed by atoms with Crippen LogP contribution in [0.15, 0.2) is 24.5 Å². The van der Waals surface area contributed by atoms with Gasteiger partial charge in [0.25, 0.3) is 0 Å². The first kappa shape index (κ1) is 11.0. The number of rotatable bonds is 3. The summed E-state index contributed by atoms with van der Waals surface area (Å²) in [4.78, 5) is 13.4. The first-order valence-corrected chi connectivity index (χ1v) is 6.15. The van der Waals surface area contributed by atoms with Crippen LogP contribution in [0.1, 0.15) is 25.7 Å². The quantitative estimate of drug-likeness (QED) is 0.864. The first-order chi connectivity index (χ1) is 8.84. The van der Waals surface area contributed by atoms with E-state index in [1.165, 1.54) is 0 Å². The molecule has 0 bridgehead atoms. The van der Waals surface area contributed by atoms with Gasteiger partial charge in [0.1, 0.15) is 5.78 Å². The molecule has 3 rings (SSSR count). The highest BCUT2D eigenvalue weighted by Gasteiger charge is 2.27. The lowest BCUT2D eigenvalue weighted by Crippen LogP contribution is -2.35. The molecule has 2 aromatic rings. The number of hydrogen-bond acceptors (Lipinski definition) is 4. The Labute approximate surface area is 104 Å². The summed E-state index contributed by atoms with van der Waals surface area (Å²) in [6, 6.07) is 4.13. The van der Waals surface area contributed by atoms with E-state index in [1.807, 2.05) is 12.1 Å².